The third-order valence-corrected chi connectivity index (χ3v) is 8.81. The highest BCUT2D eigenvalue weighted by Crippen LogP contribution is 2.29. The molecule has 234 valence electrons. The number of piperidine rings is 2. The second kappa shape index (κ2) is 14.4. The number of carbonyl (C=O) groups excluding carboxylic acids is 1. The van der Waals surface area contributed by atoms with E-state index in [1.807, 2.05) is 48.2 Å². The molecule has 0 atom stereocenters. The molecule has 0 spiro atoms. The van der Waals surface area contributed by atoms with Gasteiger partial charge in [0.1, 0.15) is 0 Å². The number of likely N-dealkylation sites (tertiary alicyclic amines) is 2. The van der Waals surface area contributed by atoms with E-state index in [2.05, 4.69) is 27.1 Å². The van der Waals surface area contributed by atoms with Crippen molar-refractivity contribution in [3.63, 3.8) is 0 Å². The fourth-order valence-corrected chi connectivity index (χ4v) is 6.16. The lowest BCUT2D eigenvalue weighted by Crippen LogP contribution is -2.48. The summed E-state index contributed by atoms with van der Waals surface area (Å²) in [5.74, 6) is 0.258. The van der Waals surface area contributed by atoms with E-state index in [4.69, 9.17) is 0 Å². The highest BCUT2D eigenvalue weighted by molar-refractivity contribution is 5.91. The molecule has 1 N–H and O–H groups in total. The summed E-state index contributed by atoms with van der Waals surface area (Å²) in [5.41, 5.74) is 3.71. The Morgan fingerprint density at radius 3 is 2.27 bits per heavy atom. The second-order valence-electron chi connectivity index (χ2n) is 12.2. The average Bonchev–Trinajstić information content (AvgIpc) is 3.01. The van der Waals surface area contributed by atoms with Crippen LogP contribution in [0.4, 0.5) is 24.5 Å². The molecular weight excluding hydrogens is 563 g/mol. The predicted octanol–water partition coefficient (Wildman–Crippen LogP) is 7.00. The van der Waals surface area contributed by atoms with Crippen molar-refractivity contribution >= 4 is 23.4 Å². The number of pyridine rings is 1. The van der Waals surface area contributed by atoms with Gasteiger partial charge >= 0.3 is 6.18 Å². The Hall–Kier alpha value is -3.69. The lowest BCUT2D eigenvalue weighted by atomic mass is 9.93. The van der Waals surface area contributed by atoms with Crippen LogP contribution in [-0.2, 0) is 17.5 Å². The Labute approximate surface area is 258 Å². The van der Waals surface area contributed by atoms with Gasteiger partial charge in [-0.15, -0.1) is 0 Å². The number of nitrogens with one attached hydrogen (secondary N) is 1. The molecule has 6 nitrogen and oxygen atoms in total. The van der Waals surface area contributed by atoms with Crippen LogP contribution in [0.2, 0.25) is 0 Å². The Balaban J connectivity index is 1.24. The van der Waals surface area contributed by atoms with E-state index in [9.17, 15) is 18.0 Å². The number of halogens is 3. The summed E-state index contributed by atoms with van der Waals surface area (Å²) in [4.78, 5) is 24.7. The Bertz CT molecular complexity index is 1390. The van der Waals surface area contributed by atoms with Gasteiger partial charge < -0.3 is 20.0 Å². The van der Waals surface area contributed by atoms with Crippen molar-refractivity contribution in [1.29, 1.82) is 0 Å². The molecule has 0 bridgehead atoms. The molecule has 0 radical (unpaired) electrons. The zero-order chi connectivity index (χ0) is 31.1. The number of benzene rings is 2. The van der Waals surface area contributed by atoms with Crippen LogP contribution in [0, 0.1) is 12.8 Å². The van der Waals surface area contributed by atoms with Crippen molar-refractivity contribution < 1.29 is 18.0 Å². The maximum atomic E-state index is 13.5. The van der Waals surface area contributed by atoms with Gasteiger partial charge in [0.2, 0.25) is 5.91 Å². The smallest absolute Gasteiger partial charge is 0.355 e. The Kier molecular flexibility index (Phi) is 10.4. The van der Waals surface area contributed by atoms with Gasteiger partial charge in [-0.2, -0.15) is 13.2 Å². The number of hydrogen-bond acceptors (Lipinski definition) is 5. The molecule has 2 aromatic carbocycles. The van der Waals surface area contributed by atoms with Gasteiger partial charge in [-0.25, -0.2) is 0 Å². The van der Waals surface area contributed by atoms with Crippen LogP contribution in [0.1, 0.15) is 48.1 Å². The van der Waals surface area contributed by atoms with Crippen LogP contribution < -0.4 is 5.32 Å². The monoisotopic (exact) mass is 605 g/mol. The Morgan fingerprint density at radius 2 is 1.64 bits per heavy atom. The van der Waals surface area contributed by atoms with Gasteiger partial charge in [0.05, 0.1) is 5.56 Å². The number of hydrogen-bond donors (Lipinski definition) is 1. The van der Waals surface area contributed by atoms with Gasteiger partial charge in [-0.05, 0) is 125 Å². The average molecular weight is 606 g/mol. The van der Waals surface area contributed by atoms with Crippen molar-refractivity contribution in [3.8, 4) is 0 Å². The standard InChI is InChI=1S/C35H42F3N5O/c1-26-23-32(13-18-39-26)40-31-10-5-28(6-11-31)24-43(34(44)12-7-27-3-8-30(9-4-27)35(36,37)38)25-29-14-21-42(22-15-29)33-16-19-41(2)20-17-33/h3-13,18,23,29,33H,14-17,19-22,24-25H2,1-2H3,(H,39,40)/b12-7+. The summed E-state index contributed by atoms with van der Waals surface area (Å²) < 4.78 is 38.9. The molecule has 2 saturated heterocycles. The van der Waals surface area contributed by atoms with Gasteiger partial charge in [-0.1, -0.05) is 24.3 Å². The highest BCUT2D eigenvalue weighted by Gasteiger charge is 2.30. The van der Waals surface area contributed by atoms with E-state index < -0.39 is 11.7 Å². The van der Waals surface area contributed by atoms with Crippen LogP contribution in [0.3, 0.4) is 0 Å². The minimum atomic E-state index is -4.39. The molecule has 0 saturated carbocycles. The number of aryl methyl sites for hydroxylation is 1. The SMILES string of the molecule is Cc1cc(Nc2ccc(CN(CC3CCN(C4CCN(C)CC4)CC3)C(=O)/C=C/c3ccc(C(F)(F)F)cc3)cc2)ccn1. The molecule has 0 unspecified atom stereocenters. The number of alkyl halides is 3. The van der Waals surface area contributed by atoms with Gasteiger partial charge in [0.15, 0.2) is 0 Å². The van der Waals surface area contributed by atoms with E-state index in [1.54, 1.807) is 12.3 Å². The molecule has 1 aromatic heterocycles. The van der Waals surface area contributed by atoms with Crippen molar-refractivity contribution in [2.75, 3.05) is 45.1 Å². The number of anilines is 2. The van der Waals surface area contributed by atoms with E-state index in [0.717, 1.165) is 73.8 Å². The molecule has 3 heterocycles. The summed E-state index contributed by atoms with van der Waals surface area (Å²) in [5, 5.41) is 3.39. The molecule has 3 aromatic rings. The first-order chi connectivity index (χ1) is 21.1. The van der Waals surface area contributed by atoms with E-state index in [1.165, 1.54) is 31.1 Å². The quantitative estimate of drug-likeness (QED) is 0.266. The maximum Gasteiger partial charge on any atom is 0.416 e. The summed E-state index contributed by atoms with van der Waals surface area (Å²) in [6.45, 7) is 7.45. The van der Waals surface area contributed by atoms with Crippen LogP contribution in [-0.4, -0.2) is 71.4 Å². The molecule has 2 fully saturated rings. The predicted molar refractivity (Wildman–Crippen MR) is 169 cm³/mol. The normalized spacial score (nSPS) is 17.7. The number of amides is 1. The van der Waals surface area contributed by atoms with Crippen LogP contribution in [0.25, 0.3) is 6.08 Å². The fourth-order valence-electron chi connectivity index (χ4n) is 6.16. The number of nitrogens with zero attached hydrogens (tertiary/aromatic N) is 4. The largest absolute Gasteiger partial charge is 0.416 e. The van der Waals surface area contributed by atoms with Crippen molar-refractivity contribution in [1.82, 2.24) is 19.7 Å². The molecule has 1 amide bonds. The topological polar surface area (TPSA) is 51.7 Å². The molecule has 2 aliphatic heterocycles. The molecule has 9 heteroatoms. The van der Waals surface area contributed by atoms with Crippen molar-refractivity contribution in [2.24, 2.45) is 5.92 Å². The number of aromatic nitrogens is 1. The zero-order valence-electron chi connectivity index (χ0n) is 25.6. The summed E-state index contributed by atoms with van der Waals surface area (Å²) in [6, 6.07) is 17.5. The number of carbonyl (C=O) groups is 1. The maximum absolute atomic E-state index is 13.5. The first-order valence-corrected chi connectivity index (χ1v) is 15.5. The third-order valence-electron chi connectivity index (χ3n) is 8.81. The Morgan fingerprint density at radius 1 is 0.955 bits per heavy atom. The molecule has 0 aliphatic carbocycles. The van der Waals surface area contributed by atoms with Crippen LogP contribution in [0.15, 0.2) is 72.9 Å². The zero-order valence-corrected chi connectivity index (χ0v) is 25.6. The molecule has 5 rings (SSSR count). The first-order valence-electron chi connectivity index (χ1n) is 15.5. The summed E-state index contributed by atoms with van der Waals surface area (Å²) in [7, 11) is 2.19. The van der Waals surface area contributed by atoms with Crippen molar-refractivity contribution in [3.05, 3.63) is 95.3 Å². The lowest BCUT2D eigenvalue weighted by molar-refractivity contribution is -0.137. The number of rotatable bonds is 9. The molecule has 44 heavy (non-hydrogen) atoms. The molecular formula is C35H42F3N5O. The van der Waals surface area contributed by atoms with Crippen LogP contribution in [0.5, 0.6) is 0 Å². The van der Waals surface area contributed by atoms with E-state index >= 15 is 0 Å². The second-order valence-corrected chi connectivity index (χ2v) is 12.2. The highest BCUT2D eigenvalue weighted by atomic mass is 19.4. The van der Waals surface area contributed by atoms with Gasteiger partial charge in [0, 0.05) is 48.5 Å². The molecule has 2 aliphatic rings. The summed E-state index contributed by atoms with van der Waals surface area (Å²) >= 11 is 0. The minimum Gasteiger partial charge on any atom is -0.355 e. The first kappa shape index (κ1) is 31.7. The van der Waals surface area contributed by atoms with Crippen molar-refractivity contribution in [2.45, 2.75) is 51.4 Å². The lowest BCUT2D eigenvalue weighted by Gasteiger charge is -2.41. The van der Waals surface area contributed by atoms with E-state index in [0.29, 0.717) is 30.6 Å². The summed E-state index contributed by atoms with van der Waals surface area (Å²) in [6.07, 6.45) is 4.99. The van der Waals surface area contributed by atoms with Gasteiger partial charge in [0.25, 0.3) is 0 Å². The fraction of sp³-hybridized carbons (Fsp3) is 0.429. The van der Waals surface area contributed by atoms with E-state index in [-0.39, 0.29) is 5.91 Å². The van der Waals surface area contributed by atoms with Gasteiger partial charge in [-0.3, -0.25) is 9.78 Å². The minimum absolute atomic E-state index is 0.142. The van der Waals surface area contributed by atoms with Crippen LogP contribution >= 0.6 is 0 Å². The third kappa shape index (κ3) is 8.92.